The van der Waals surface area contributed by atoms with E-state index in [-0.39, 0.29) is 12.1 Å². The van der Waals surface area contributed by atoms with E-state index in [1.54, 1.807) is 30.3 Å². The highest BCUT2D eigenvalue weighted by Gasteiger charge is 2.06. The smallest absolute Gasteiger partial charge is 0.267 e. The fourth-order valence-electron chi connectivity index (χ4n) is 2.21. The summed E-state index contributed by atoms with van der Waals surface area (Å²) >= 11 is 5.85. The van der Waals surface area contributed by atoms with Crippen molar-refractivity contribution in [3.05, 3.63) is 87.2 Å². The third-order valence-corrected chi connectivity index (χ3v) is 3.51. The van der Waals surface area contributed by atoms with E-state index in [1.165, 1.54) is 18.2 Å². The van der Waals surface area contributed by atoms with Gasteiger partial charge in [-0.05, 0) is 35.9 Å². The summed E-state index contributed by atoms with van der Waals surface area (Å²) in [6, 6.07) is 13.1. The van der Waals surface area contributed by atoms with Crippen molar-refractivity contribution in [2.24, 2.45) is 0 Å². The molecule has 1 heterocycles. The summed E-state index contributed by atoms with van der Waals surface area (Å²) < 4.78 is 27.7. The summed E-state index contributed by atoms with van der Waals surface area (Å²) in [6.07, 6.45) is 0. The minimum absolute atomic E-state index is 0.0189. The molecule has 0 aliphatic carbocycles. The highest BCUT2D eigenvalue weighted by Crippen LogP contribution is 2.18. The minimum Gasteiger partial charge on any atom is -0.268 e. The maximum Gasteiger partial charge on any atom is 0.267 e. The lowest BCUT2D eigenvalue weighted by Crippen LogP contribution is -2.23. The van der Waals surface area contributed by atoms with Gasteiger partial charge in [0.1, 0.15) is 11.6 Å². The van der Waals surface area contributed by atoms with Gasteiger partial charge in [-0.15, -0.1) is 0 Å². The van der Waals surface area contributed by atoms with E-state index in [4.69, 9.17) is 11.6 Å². The van der Waals surface area contributed by atoms with Gasteiger partial charge in [0.05, 0.1) is 12.2 Å². The van der Waals surface area contributed by atoms with Gasteiger partial charge in [0.15, 0.2) is 0 Å². The van der Waals surface area contributed by atoms with E-state index in [1.807, 2.05) is 0 Å². The van der Waals surface area contributed by atoms with Crippen LogP contribution in [0.1, 0.15) is 5.56 Å². The summed E-state index contributed by atoms with van der Waals surface area (Å²) in [5, 5.41) is 4.84. The fraction of sp³-hybridized carbons (Fsp3) is 0.0588. The highest BCUT2D eigenvalue weighted by molar-refractivity contribution is 6.30. The molecule has 0 unspecified atom stereocenters. The Labute approximate surface area is 135 Å². The predicted octanol–water partition coefficient (Wildman–Crippen LogP) is 3.89. The van der Waals surface area contributed by atoms with E-state index in [0.717, 1.165) is 16.3 Å². The van der Waals surface area contributed by atoms with Gasteiger partial charge in [-0.2, -0.15) is 5.10 Å². The first-order valence-electron chi connectivity index (χ1n) is 6.80. The van der Waals surface area contributed by atoms with Crippen molar-refractivity contribution >= 4 is 11.6 Å². The number of hydrogen-bond donors (Lipinski definition) is 0. The maximum atomic E-state index is 13.3. The Bertz CT molecular complexity index is 887. The summed E-state index contributed by atoms with van der Waals surface area (Å²) in [7, 11) is 0. The number of halogens is 3. The maximum absolute atomic E-state index is 13.3. The Morgan fingerprint density at radius 2 is 1.61 bits per heavy atom. The number of rotatable bonds is 3. The number of aromatic nitrogens is 2. The Kier molecular flexibility index (Phi) is 4.21. The van der Waals surface area contributed by atoms with Crippen LogP contribution in [0.15, 0.2) is 59.4 Å². The average molecular weight is 333 g/mol. The van der Waals surface area contributed by atoms with E-state index < -0.39 is 11.6 Å². The van der Waals surface area contributed by atoms with E-state index in [0.29, 0.717) is 16.3 Å². The van der Waals surface area contributed by atoms with Gasteiger partial charge in [0.25, 0.3) is 5.56 Å². The molecule has 6 heteroatoms. The second-order valence-corrected chi connectivity index (χ2v) is 5.44. The van der Waals surface area contributed by atoms with E-state index >= 15 is 0 Å². The third kappa shape index (κ3) is 3.63. The molecule has 2 aromatic carbocycles. The second-order valence-electron chi connectivity index (χ2n) is 5.00. The molecule has 0 bridgehead atoms. The third-order valence-electron chi connectivity index (χ3n) is 3.26. The van der Waals surface area contributed by atoms with Crippen LogP contribution >= 0.6 is 11.6 Å². The van der Waals surface area contributed by atoms with Crippen molar-refractivity contribution in [1.82, 2.24) is 9.78 Å². The van der Waals surface area contributed by atoms with Crippen molar-refractivity contribution < 1.29 is 8.78 Å². The van der Waals surface area contributed by atoms with Gasteiger partial charge < -0.3 is 0 Å². The van der Waals surface area contributed by atoms with E-state index in [9.17, 15) is 13.6 Å². The first-order chi connectivity index (χ1) is 11.0. The molecule has 0 aliphatic rings. The van der Waals surface area contributed by atoms with Crippen molar-refractivity contribution in [1.29, 1.82) is 0 Å². The normalized spacial score (nSPS) is 10.7. The van der Waals surface area contributed by atoms with Gasteiger partial charge in [-0.3, -0.25) is 4.79 Å². The van der Waals surface area contributed by atoms with Gasteiger partial charge >= 0.3 is 0 Å². The van der Waals surface area contributed by atoms with Crippen molar-refractivity contribution in [3.63, 3.8) is 0 Å². The van der Waals surface area contributed by atoms with Crippen LogP contribution in [0.4, 0.5) is 8.78 Å². The molecule has 0 aliphatic heterocycles. The molecule has 3 rings (SSSR count). The number of benzene rings is 2. The van der Waals surface area contributed by atoms with Crippen LogP contribution < -0.4 is 5.56 Å². The van der Waals surface area contributed by atoms with Gasteiger partial charge in [0.2, 0.25) is 0 Å². The molecule has 0 fully saturated rings. The van der Waals surface area contributed by atoms with Gasteiger partial charge in [-0.1, -0.05) is 23.7 Å². The van der Waals surface area contributed by atoms with Crippen LogP contribution in [0.2, 0.25) is 5.02 Å². The first-order valence-corrected chi connectivity index (χ1v) is 7.18. The Balaban J connectivity index is 1.97. The molecular formula is C17H11ClF2N2O. The van der Waals surface area contributed by atoms with Gasteiger partial charge in [0, 0.05) is 22.7 Å². The largest absolute Gasteiger partial charge is 0.268 e. The summed E-state index contributed by atoms with van der Waals surface area (Å²) in [6.45, 7) is -0.0189. The fourth-order valence-corrected chi connectivity index (χ4v) is 2.34. The molecule has 0 radical (unpaired) electrons. The van der Waals surface area contributed by atoms with E-state index in [2.05, 4.69) is 5.10 Å². The Morgan fingerprint density at radius 1 is 0.957 bits per heavy atom. The summed E-state index contributed by atoms with van der Waals surface area (Å²) in [5.74, 6) is -1.39. The molecular weight excluding hydrogens is 322 g/mol. The van der Waals surface area contributed by atoms with Gasteiger partial charge in [-0.25, -0.2) is 13.5 Å². The monoisotopic (exact) mass is 332 g/mol. The molecule has 116 valence electrons. The molecule has 0 saturated heterocycles. The molecule has 3 nitrogen and oxygen atoms in total. The molecule has 23 heavy (non-hydrogen) atoms. The number of nitrogens with zero attached hydrogens (tertiary/aromatic N) is 2. The first kappa shape index (κ1) is 15.4. The SMILES string of the molecule is O=c1ccc(-c2ccc(Cl)cc2)nn1Cc1cc(F)cc(F)c1. The summed E-state index contributed by atoms with van der Waals surface area (Å²) in [5.41, 5.74) is 1.32. The zero-order valence-electron chi connectivity index (χ0n) is 11.8. The molecule has 0 amide bonds. The van der Waals surface area contributed by atoms with Crippen molar-refractivity contribution in [2.75, 3.05) is 0 Å². The van der Waals surface area contributed by atoms with Crippen LogP contribution in [-0.4, -0.2) is 9.78 Å². The average Bonchev–Trinajstić information content (AvgIpc) is 2.49. The molecule has 1 aromatic heterocycles. The summed E-state index contributed by atoms with van der Waals surface area (Å²) in [4.78, 5) is 11.9. The van der Waals surface area contributed by atoms with Crippen molar-refractivity contribution in [3.8, 4) is 11.3 Å². The van der Waals surface area contributed by atoms with Crippen LogP contribution in [0, 0.1) is 11.6 Å². The molecule has 0 saturated carbocycles. The number of hydrogen-bond acceptors (Lipinski definition) is 2. The Morgan fingerprint density at radius 3 is 2.26 bits per heavy atom. The van der Waals surface area contributed by atoms with Crippen LogP contribution in [-0.2, 0) is 6.54 Å². The standard InChI is InChI=1S/C17H11ClF2N2O/c18-13-3-1-12(2-4-13)16-5-6-17(23)22(21-16)10-11-7-14(19)9-15(20)8-11/h1-9H,10H2. The van der Waals surface area contributed by atoms with Crippen LogP contribution in [0.3, 0.4) is 0 Å². The van der Waals surface area contributed by atoms with Crippen molar-refractivity contribution in [2.45, 2.75) is 6.54 Å². The van der Waals surface area contributed by atoms with Crippen LogP contribution in [0.5, 0.6) is 0 Å². The lowest BCUT2D eigenvalue weighted by molar-refractivity contribution is 0.571. The van der Waals surface area contributed by atoms with Crippen LogP contribution in [0.25, 0.3) is 11.3 Å². The Hall–Kier alpha value is -2.53. The predicted molar refractivity (Wildman–Crippen MR) is 84.4 cm³/mol. The molecule has 0 spiro atoms. The topological polar surface area (TPSA) is 34.9 Å². The lowest BCUT2D eigenvalue weighted by Gasteiger charge is -2.08. The minimum atomic E-state index is -0.693. The molecule has 0 N–H and O–H groups in total. The molecule has 3 aromatic rings. The molecule has 0 atom stereocenters. The quantitative estimate of drug-likeness (QED) is 0.729. The lowest BCUT2D eigenvalue weighted by atomic mass is 10.1. The second kappa shape index (κ2) is 6.30. The zero-order chi connectivity index (χ0) is 16.4. The zero-order valence-corrected chi connectivity index (χ0v) is 12.6. The highest BCUT2D eigenvalue weighted by atomic mass is 35.5.